The second-order valence-electron chi connectivity index (χ2n) is 5.86. The Hall–Kier alpha value is -1.42. The third-order valence-electron chi connectivity index (χ3n) is 4.02. The molecular formula is C15H17ClFN3O3S2. The Morgan fingerprint density at radius 1 is 1.28 bits per heavy atom. The lowest BCUT2D eigenvalue weighted by Gasteiger charge is -2.27. The van der Waals surface area contributed by atoms with Gasteiger partial charge in [0.2, 0.25) is 0 Å². The molecule has 0 unspecified atom stereocenters. The van der Waals surface area contributed by atoms with Gasteiger partial charge in [-0.05, 0) is 37.8 Å². The maximum atomic E-state index is 14.4. The van der Waals surface area contributed by atoms with Gasteiger partial charge in [0.1, 0.15) is 10.7 Å². The van der Waals surface area contributed by atoms with Crippen LogP contribution in [0.4, 0.5) is 15.2 Å². The molecule has 0 bridgehead atoms. The van der Waals surface area contributed by atoms with Crippen LogP contribution in [0.3, 0.4) is 0 Å². The van der Waals surface area contributed by atoms with Gasteiger partial charge in [0.25, 0.3) is 10.0 Å². The highest BCUT2D eigenvalue weighted by Crippen LogP contribution is 2.31. The molecule has 1 aliphatic rings. The number of aliphatic hydroxyl groups excluding tert-OH is 1. The first-order valence-corrected chi connectivity index (χ1v) is 10.4. The third kappa shape index (κ3) is 4.41. The summed E-state index contributed by atoms with van der Waals surface area (Å²) in [7, 11) is -4.12. The van der Waals surface area contributed by atoms with E-state index in [1.165, 1.54) is 6.20 Å². The summed E-state index contributed by atoms with van der Waals surface area (Å²) in [5.74, 6) is -0.896. The Bertz CT molecular complexity index is 838. The molecule has 1 heterocycles. The van der Waals surface area contributed by atoms with Gasteiger partial charge < -0.3 is 10.4 Å². The van der Waals surface area contributed by atoms with Crippen molar-refractivity contribution >= 4 is 43.8 Å². The molecule has 1 aromatic carbocycles. The molecule has 1 aliphatic carbocycles. The van der Waals surface area contributed by atoms with Crippen LogP contribution in [0.15, 0.2) is 28.6 Å². The van der Waals surface area contributed by atoms with Crippen molar-refractivity contribution in [3.05, 3.63) is 34.5 Å². The molecule has 25 heavy (non-hydrogen) atoms. The molecule has 136 valence electrons. The Labute approximate surface area is 154 Å². The number of halogens is 2. The quantitative estimate of drug-likeness (QED) is 0.708. The van der Waals surface area contributed by atoms with Gasteiger partial charge in [-0.1, -0.05) is 11.6 Å². The van der Waals surface area contributed by atoms with Crippen LogP contribution in [0, 0.1) is 5.82 Å². The minimum absolute atomic E-state index is 0.0659. The lowest BCUT2D eigenvalue weighted by molar-refractivity contribution is 0.126. The first-order chi connectivity index (χ1) is 11.8. The van der Waals surface area contributed by atoms with Gasteiger partial charge in [-0.2, -0.15) is 0 Å². The van der Waals surface area contributed by atoms with Crippen LogP contribution >= 0.6 is 22.9 Å². The van der Waals surface area contributed by atoms with E-state index >= 15 is 0 Å². The molecule has 0 amide bonds. The highest BCUT2D eigenvalue weighted by atomic mass is 35.5. The number of aliphatic hydroxyl groups is 1. The summed E-state index contributed by atoms with van der Waals surface area (Å²) in [5, 5.41) is 14.5. The van der Waals surface area contributed by atoms with Crippen LogP contribution < -0.4 is 10.0 Å². The smallest absolute Gasteiger partial charge is 0.266 e. The van der Waals surface area contributed by atoms with E-state index in [0.717, 1.165) is 36.3 Å². The number of sulfonamides is 1. The minimum atomic E-state index is -4.12. The van der Waals surface area contributed by atoms with Crippen LogP contribution in [0.25, 0.3) is 0 Å². The van der Waals surface area contributed by atoms with Crippen molar-refractivity contribution in [1.29, 1.82) is 0 Å². The van der Waals surface area contributed by atoms with Gasteiger partial charge in [0.05, 0.1) is 16.8 Å². The molecule has 0 spiro atoms. The number of nitrogens with one attached hydrogen (secondary N) is 2. The van der Waals surface area contributed by atoms with E-state index in [-0.39, 0.29) is 22.3 Å². The van der Waals surface area contributed by atoms with Gasteiger partial charge >= 0.3 is 0 Å². The van der Waals surface area contributed by atoms with Crippen LogP contribution in [0.5, 0.6) is 0 Å². The Morgan fingerprint density at radius 2 is 2.00 bits per heavy atom. The SMILES string of the molecule is O=S(=O)(Nc1nccs1)c1cc(Cl)c(N[C@H]2CC[C@@H](O)CC2)cc1F. The van der Waals surface area contributed by atoms with Crippen molar-refractivity contribution in [3.8, 4) is 0 Å². The molecule has 1 fully saturated rings. The van der Waals surface area contributed by atoms with Crippen molar-refractivity contribution in [2.45, 2.75) is 42.7 Å². The van der Waals surface area contributed by atoms with Crippen LogP contribution in [0.2, 0.25) is 5.02 Å². The zero-order valence-electron chi connectivity index (χ0n) is 13.1. The van der Waals surface area contributed by atoms with Crippen molar-refractivity contribution in [2.75, 3.05) is 10.0 Å². The first-order valence-electron chi connectivity index (χ1n) is 7.71. The number of hydrogen-bond donors (Lipinski definition) is 3. The highest BCUT2D eigenvalue weighted by molar-refractivity contribution is 7.93. The van der Waals surface area contributed by atoms with Crippen LogP contribution in [-0.4, -0.2) is 30.7 Å². The molecule has 0 aliphatic heterocycles. The molecule has 10 heteroatoms. The van der Waals surface area contributed by atoms with E-state index in [4.69, 9.17) is 11.6 Å². The molecule has 1 aromatic heterocycles. The van der Waals surface area contributed by atoms with Gasteiger partial charge in [0, 0.05) is 17.6 Å². The second-order valence-corrected chi connectivity index (χ2v) is 8.81. The predicted octanol–water partition coefficient (Wildman–Crippen LogP) is 3.45. The van der Waals surface area contributed by atoms with Crippen molar-refractivity contribution in [2.24, 2.45) is 0 Å². The average Bonchev–Trinajstić information content (AvgIpc) is 3.04. The van der Waals surface area contributed by atoms with E-state index in [0.29, 0.717) is 18.5 Å². The molecular weight excluding hydrogens is 389 g/mol. The highest BCUT2D eigenvalue weighted by Gasteiger charge is 2.24. The molecule has 6 nitrogen and oxygen atoms in total. The summed E-state index contributed by atoms with van der Waals surface area (Å²) in [6, 6.07) is 2.24. The molecule has 0 radical (unpaired) electrons. The zero-order chi connectivity index (χ0) is 18.0. The number of rotatable bonds is 5. The third-order valence-corrected chi connectivity index (χ3v) is 6.51. The van der Waals surface area contributed by atoms with Crippen molar-refractivity contribution in [1.82, 2.24) is 4.98 Å². The molecule has 0 atom stereocenters. The Kier molecular flexibility index (Phi) is 5.47. The number of hydrogen-bond acceptors (Lipinski definition) is 6. The van der Waals surface area contributed by atoms with Gasteiger partial charge in [-0.25, -0.2) is 17.8 Å². The standard InChI is InChI=1S/C15H17ClFN3O3S2/c16-11-7-14(25(22,23)20-15-18-5-6-24-15)12(17)8-13(11)19-9-1-3-10(21)4-2-9/h5-10,19,21H,1-4H2,(H,18,20)/t9-,10+. The lowest BCUT2D eigenvalue weighted by Crippen LogP contribution is -2.28. The van der Waals surface area contributed by atoms with E-state index in [1.807, 2.05) is 0 Å². The molecule has 0 saturated heterocycles. The fourth-order valence-electron chi connectivity index (χ4n) is 2.73. The number of benzene rings is 1. The topological polar surface area (TPSA) is 91.3 Å². The van der Waals surface area contributed by atoms with E-state index < -0.39 is 20.7 Å². The predicted molar refractivity (Wildman–Crippen MR) is 96.2 cm³/mol. The summed E-state index contributed by atoms with van der Waals surface area (Å²) < 4.78 is 41.3. The second kappa shape index (κ2) is 7.45. The first kappa shape index (κ1) is 18.4. The summed E-state index contributed by atoms with van der Waals surface area (Å²) in [5.41, 5.74) is 0.341. The number of nitrogens with zero attached hydrogens (tertiary/aromatic N) is 1. The summed E-state index contributed by atoms with van der Waals surface area (Å²) in [4.78, 5) is 3.29. The maximum absolute atomic E-state index is 14.4. The number of thiazole rings is 1. The number of aromatic nitrogens is 1. The van der Waals surface area contributed by atoms with E-state index in [9.17, 15) is 17.9 Å². The molecule has 2 aromatic rings. The minimum Gasteiger partial charge on any atom is -0.393 e. The van der Waals surface area contributed by atoms with Crippen LogP contribution in [-0.2, 0) is 10.0 Å². The maximum Gasteiger partial charge on any atom is 0.266 e. The summed E-state index contributed by atoms with van der Waals surface area (Å²) >= 11 is 7.24. The molecule has 3 rings (SSSR count). The molecule has 1 saturated carbocycles. The zero-order valence-corrected chi connectivity index (χ0v) is 15.5. The summed E-state index contributed by atoms with van der Waals surface area (Å²) in [6.45, 7) is 0. The fraction of sp³-hybridized carbons (Fsp3) is 0.400. The Balaban J connectivity index is 1.80. The van der Waals surface area contributed by atoms with Crippen LogP contribution in [0.1, 0.15) is 25.7 Å². The fourth-order valence-corrected chi connectivity index (χ4v) is 4.89. The number of anilines is 2. The normalized spacial score (nSPS) is 21.1. The van der Waals surface area contributed by atoms with E-state index in [1.54, 1.807) is 5.38 Å². The van der Waals surface area contributed by atoms with Gasteiger partial charge in [-0.3, -0.25) is 4.72 Å². The molecule has 3 N–H and O–H groups in total. The van der Waals surface area contributed by atoms with Crippen molar-refractivity contribution < 1.29 is 17.9 Å². The van der Waals surface area contributed by atoms with Gasteiger partial charge in [-0.15, -0.1) is 11.3 Å². The average molecular weight is 406 g/mol. The Morgan fingerprint density at radius 3 is 2.64 bits per heavy atom. The largest absolute Gasteiger partial charge is 0.393 e. The monoisotopic (exact) mass is 405 g/mol. The summed E-state index contributed by atoms with van der Waals surface area (Å²) in [6.07, 6.45) is 3.97. The van der Waals surface area contributed by atoms with Gasteiger partial charge in [0.15, 0.2) is 5.13 Å². The van der Waals surface area contributed by atoms with Crippen molar-refractivity contribution in [3.63, 3.8) is 0 Å². The lowest BCUT2D eigenvalue weighted by atomic mass is 9.93. The van der Waals surface area contributed by atoms with E-state index in [2.05, 4.69) is 15.0 Å².